The molecule has 1 aliphatic heterocycles. The minimum absolute atomic E-state index is 0.0896. The van der Waals surface area contributed by atoms with Gasteiger partial charge in [-0.1, -0.05) is 6.07 Å². The molecule has 3 aromatic rings. The SMILES string of the molecule is CC(=O)Nc1cn[nH]c1C1CCCN(c2cc(=O)n3ccccc3n2)C1. The second-order valence-electron chi connectivity index (χ2n) is 6.55. The van der Waals surface area contributed by atoms with Crippen LogP contribution >= 0.6 is 0 Å². The first-order valence-electron chi connectivity index (χ1n) is 8.66. The third-order valence-corrected chi connectivity index (χ3v) is 4.69. The monoisotopic (exact) mass is 352 g/mol. The molecule has 8 heteroatoms. The average molecular weight is 352 g/mol. The first kappa shape index (κ1) is 16.3. The molecular weight excluding hydrogens is 332 g/mol. The Hall–Kier alpha value is -3.16. The van der Waals surface area contributed by atoms with E-state index in [1.54, 1.807) is 18.5 Å². The molecule has 0 aliphatic carbocycles. The van der Waals surface area contributed by atoms with Crippen LogP contribution in [-0.2, 0) is 4.79 Å². The Morgan fingerprint density at radius 1 is 1.38 bits per heavy atom. The van der Waals surface area contributed by atoms with Gasteiger partial charge in [0.2, 0.25) is 5.91 Å². The van der Waals surface area contributed by atoms with Gasteiger partial charge in [0.15, 0.2) is 0 Å². The van der Waals surface area contributed by atoms with Gasteiger partial charge >= 0.3 is 0 Å². The number of hydrogen-bond acceptors (Lipinski definition) is 5. The van der Waals surface area contributed by atoms with Crippen molar-refractivity contribution < 1.29 is 4.79 Å². The van der Waals surface area contributed by atoms with Crippen LogP contribution in [0.25, 0.3) is 5.65 Å². The summed E-state index contributed by atoms with van der Waals surface area (Å²) < 4.78 is 1.54. The second kappa shape index (κ2) is 6.62. The van der Waals surface area contributed by atoms with Crippen LogP contribution in [-0.4, -0.2) is 38.6 Å². The molecule has 3 aromatic heterocycles. The Labute approximate surface area is 149 Å². The number of piperidine rings is 1. The number of carbonyl (C=O) groups is 1. The first-order chi connectivity index (χ1) is 12.6. The van der Waals surface area contributed by atoms with E-state index in [9.17, 15) is 9.59 Å². The maximum atomic E-state index is 12.4. The van der Waals surface area contributed by atoms with Crippen LogP contribution in [0.4, 0.5) is 11.5 Å². The van der Waals surface area contributed by atoms with E-state index in [0.717, 1.165) is 30.8 Å². The summed E-state index contributed by atoms with van der Waals surface area (Å²) >= 11 is 0. The van der Waals surface area contributed by atoms with Crippen LogP contribution in [0.1, 0.15) is 31.4 Å². The minimum Gasteiger partial charge on any atom is -0.356 e. The zero-order valence-electron chi connectivity index (χ0n) is 14.5. The largest absolute Gasteiger partial charge is 0.356 e. The zero-order valence-corrected chi connectivity index (χ0v) is 14.5. The number of aromatic amines is 1. The molecule has 1 fully saturated rings. The summed E-state index contributed by atoms with van der Waals surface area (Å²) in [5, 5.41) is 9.91. The van der Waals surface area contributed by atoms with Crippen LogP contribution in [0, 0.1) is 0 Å². The number of pyridine rings is 1. The molecule has 0 radical (unpaired) electrons. The number of rotatable bonds is 3. The zero-order chi connectivity index (χ0) is 18.1. The van der Waals surface area contributed by atoms with Gasteiger partial charge in [-0.2, -0.15) is 5.10 Å². The van der Waals surface area contributed by atoms with Gasteiger partial charge in [0, 0.05) is 38.2 Å². The molecule has 4 heterocycles. The molecule has 0 spiro atoms. The Bertz CT molecular complexity index is 1010. The fourth-order valence-electron chi connectivity index (χ4n) is 3.52. The van der Waals surface area contributed by atoms with Crippen molar-refractivity contribution in [3.05, 3.63) is 52.7 Å². The number of carbonyl (C=O) groups excluding carboxylic acids is 1. The van der Waals surface area contributed by atoms with E-state index in [-0.39, 0.29) is 17.4 Å². The molecular formula is C18H20N6O2. The standard InChI is InChI=1S/C18H20N6O2/c1-12(25)20-14-10-19-22-18(14)13-5-4-7-23(11-13)16-9-17(26)24-8-3-2-6-15(24)21-16/h2-3,6,8-10,13H,4-5,7,11H2,1H3,(H,19,22)(H,20,25). The minimum atomic E-state index is -0.121. The molecule has 134 valence electrons. The van der Waals surface area contributed by atoms with E-state index in [1.165, 1.54) is 11.3 Å². The number of amides is 1. The molecule has 1 amide bonds. The highest BCUT2D eigenvalue weighted by Gasteiger charge is 2.26. The molecule has 1 saturated heterocycles. The van der Waals surface area contributed by atoms with Crippen molar-refractivity contribution in [3.63, 3.8) is 0 Å². The summed E-state index contributed by atoms with van der Waals surface area (Å²) in [6, 6.07) is 7.09. The van der Waals surface area contributed by atoms with E-state index in [1.807, 2.05) is 18.2 Å². The fourth-order valence-corrected chi connectivity index (χ4v) is 3.52. The smallest absolute Gasteiger partial charge is 0.259 e. The van der Waals surface area contributed by atoms with E-state index < -0.39 is 0 Å². The molecule has 1 atom stereocenters. The van der Waals surface area contributed by atoms with Gasteiger partial charge < -0.3 is 10.2 Å². The predicted molar refractivity (Wildman–Crippen MR) is 98.5 cm³/mol. The van der Waals surface area contributed by atoms with Crippen molar-refractivity contribution in [2.24, 2.45) is 0 Å². The molecule has 1 unspecified atom stereocenters. The molecule has 0 aromatic carbocycles. The lowest BCUT2D eigenvalue weighted by Gasteiger charge is -2.33. The van der Waals surface area contributed by atoms with E-state index in [4.69, 9.17) is 0 Å². The normalized spacial score (nSPS) is 17.4. The third kappa shape index (κ3) is 3.05. The van der Waals surface area contributed by atoms with Crippen molar-refractivity contribution >= 4 is 23.1 Å². The molecule has 0 saturated carbocycles. The molecule has 1 aliphatic rings. The number of aromatic nitrogens is 4. The van der Waals surface area contributed by atoms with Crippen LogP contribution in [0.5, 0.6) is 0 Å². The second-order valence-corrected chi connectivity index (χ2v) is 6.55. The summed E-state index contributed by atoms with van der Waals surface area (Å²) in [6.07, 6.45) is 5.31. The van der Waals surface area contributed by atoms with Crippen LogP contribution in [0.3, 0.4) is 0 Å². The molecule has 8 nitrogen and oxygen atoms in total. The Balaban J connectivity index is 1.62. The summed E-state index contributed by atoms with van der Waals surface area (Å²) in [6.45, 7) is 3.04. The number of anilines is 2. The highest BCUT2D eigenvalue weighted by atomic mass is 16.1. The molecule has 0 bridgehead atoms. The van der Waals surface area contributed by atoms with Crippen molar-refractivity contribution in [2.75, 3.05) is 23.3 Å². The van der Waals surface area contributed by atoms with E-state index in [0.29, 0.717) is 18.0 Å². The van der Waals surface area contributed by atoms with Crippen molar-refractivity contribution in [1.82, 2.24) is 19.6 Å². The quantitative estimate of drug-likeness (QED) is 0.749. The van der Waals surface area contributed by atoms with Crippen molar-refractivity contribution in [2.45, 2.75) is 25.7 Å². The highest BCUT2D eigenvalue weighted by Crippen LogP contribution is 2.31. The average Bonchev–Trinajstić information content (AvgIpc) is 3.09. The van der Waals surface area contributed by atoms with Gasteiger partial charge in [-0.05, 0) is 25.0 Å². The number of nitrogens with zero attached hydrogens (tertiary/aromatic N) is 4. The highest BCUT2D eigenvalue weighted by molar-refractivity contribution is 5.89. The van der Waals surface area contributed by atoms with Crippen LogP contribution in [0.15, 0.2) is 41.5 Å². The first-order valence-corrected chi connectivity index (χ1v) is 8.66. The Morgan fingerprint density at radius 2 is 2.27 bits per heavy atom. The molecule has 26 heavy (non-hydrogen) atoms. The summed E-state index contributed by atoms with van der Waals surface area (Å²) in [4.78, 5) is 30.5. The van der Waals surface area contributed by atoms with Gasteiger partial charge in [-0.15, -0.1) is 0 Å². The number of H-pyrrole nitrogens is 1. The van der Waals surface area contributed by atoms with Crippen LogP contribution < -0.4 is 15.8 Å². The molecule has 2 N–H and O–H groups in total. The van der Waals surface area contributed by atoms with E-state index in [2.05, 4.69) is 25.4 Å². The number of hydrogen-bond donors (Lipinski definition) is 2. The fraction of sp³-hybridized carbons (Fsp3) is 0.333. The summed E-state index contributed by atoms with van der Waals surface area (Å²) in [5.41, 5.74) is 2.18. The maximum absolute atomic E-state index is 12.4. The van der Waals surface area contributed by atoms with E-state index >= 15 is 0 Å². The Kier molecular flexibility index (Phi) is 4.16. The summed E-state index contributed by atoms with van der Waals surface area (Å²) in [5.74, 6) is 0.750. The molecule has 4 rings (SSSR count). The number of fused-ring (bicyclic) bond motifs is 1. The predicted octanol–water partition coefficient (Wildman–Crippen LogP) is 1.76. The van der Waals surface area contributed by atoms with Gasteiger partial charge in [0.25, 0.3) is 5.56 Å². The lowest BCUT2D eigenvalue weighted by atomic mass is 9.94. The third-order valence-electron chi connectivity index (χ3n) is 4.69. The van der Waals surface area contributed by atoms with Crippen molar-refractivity contribution in [1.29, 1.82) is 0 Å². The van der Waals surface area contributed by atoms with Gasteiger partial charge in [-0.25, -0.2) is 4.98 Å². The van der Waals surface area contributed by atoms with Gasteiger partial charge in [0.1, 0.15) is 11.5 Å². The summed E-state index contributed by atoms with van der Waals surface area (Å²) in [7, 11) is 0. The lowest BCUT2D eigenvalue weighted by molar-refractivity contribution is -0.114. The topological polar surface area (TPSA) is 95.4 Å². The Morgan fingerprint density at radius 3 is 3.12 bits per heavy atom. The number of nitrogens with one attached hydrogen (secondary N) is 2. The maximum Gasteiger partial charge on any atom is 0.259 e. The van der Waals surface area contributed by atoms with Crippen molar-refractivity contribution in [3.8, 4) is 0 Å². The van der Waals surface area contributed by atoms with Crippen LogP contribution in [0.2, 0.25) is 0 Å². The van der Waals surface area contributed by atoms with Gasteiger partial charge in [0.05, 0.1) is 17.6 Å². The lowest BCUT2D eigenvalue weighted by Crippen LogP contribution is -2.36. The van der Waals surface area contributed by atoms with Gasteiger partial charge in [-0.3, -0.25) is 19.1 Å².